The van der Waals surface area contributed by atoms with E-state index in [1.54, 1.807) is 35.0 Å². The molecule has 0 saturated carbocycles. The van der Waals surface area contributed by atoms with Gasteiger partial charge in [-0.25, -0.2) is 4.68 Å². The predicted molar refractivity (Wildman–Crippen MR) is 91.0 cm³/mol. The Morgan fingerprint density at radius 1 is 1.26 bits per heavy atom. The van der Waals surface area contributed by atoms with E-state index in [2.05, 4.69) is 36.8 Å². The summed E-state index contributed by atoms with van der Waals surface area (Å²) in [5.74, 6) is -0.236. The van der Waals surface area contributed by atoms with Crippen LogP contribution < -0.4 is 5.32 Å². The predicted octanol–water partition coefficient (Wildman–Crippen LogP) is 3.64. The molecule has 2 aromatic carbocycles. The van der Waals surface area contributed by atoms with Crippen molar-refractivity contribution in [2.45, 2.75) is 6.92 Å². The second-order valence-corrected chi connectivity index (χ2v) is 6.16. The number of benzene rings is 2. The lowest BCUT2D eigenvalue weighted by Gasteiger charge is -2.10. The third-order valence-electron chi connectivity index (χ3n) is 3.23. The monoisotopic (exact) mass is 391 g/mol. The zero-order valence-corrected chi connectivity index (χ0v) is 14.3. The van der Waals surface area contributed by atoms with Gasteiger partial charge < -0.3 is 5.32 Å². The number of aromatic nitrogens is 4. The fraction of sp³-hybridized carbons (Fsp3) is 0.0667. The van der Waals surface area contributed by atoms with E-state index in [1.165, 1.54) is 6.33 Å². The molecular formula is C15H11BrClN5O. The Bertz CT molecular complexity index is 866. The maximum Gasteiger partial charge on any atom is 0.255 e. The SMILES string of the molecule is Cc1cc(C(=O)Nc2ccc(Br)cc2Cl)ccc1-n1cnnn1. The molecule has 0 bridgehead atoms. The fourth-order valence-corrected chi connectivity index (χ4v) is 2.83. The lowest BCUT2D eigenvalue weighted by atomic mass is 10.1. The molecule has 6 nitrogen and oxygen atoms in total. The Hall–Kier alpha value is -2.25. The molecular weight excluding hydrogens is 382 g/mol. The van der Waals surface area contributed by atoms with Crippen molar-refractivity contribution in [3.8, 4) is 5.69 Å². The first-order valence-electron chi connectivity index (χ1n) is 6.65. The van der Waals surface area contributed by atoms with Crippen LogP contribution in [-0.4, -0.2) is 26.1 Å². The van der Waals surface area contributed by atoms with Crippen LogP contribution in [0.3, 0.4) is 0 Å². The molecule has 0 saturated heterocycles. The maximum absolute atomic E-state index is 12.4. The Kier molecular flexibility index (Phi) is 4.40. The average molecular weight is 393 g/mol. The number of hydrogen-bond donors (Lipinski definition) is 1. The Morgan fingerprint density at radius 3 is 2.74 bits per heavy atom. The third-order valence-corrected chi connectivity index (χ3v) is 4.04. The normalized spacial score (nSPS) is 10.6. The van der Waals surface area contributed by atoms with Crippen LogP contribution in [0.25, 0.3) is 5.69 Å². The number of amides is 1. The molecule has 0 spiro atoms. The highest BCUT2D eigenvalue weighted by Gasteiger charge is 2.11. The van der Waals surface area contributed by atoms with Gasteiger partial charge in [-0.05, 0) is 59.3 Å². The van der Waals surface area contributed by atoms with Gasteiger partial charge in [-0.15, -0.1) is 5.10 Å². The fourth-order valence-electron chi connectivity index (χ4n) is 2.11. The highest BCUT2D eigenvalue weighted by Crippen LogP contribution is 2.26. The standard InChI is InChI=1S/C15H11BrClN5O/c1-9-6-10(2-5-14(9)22-8-18-20-21-22)15(23)19-13-4-3-11(16)7-12(13)17/h2-8H,1H3,(H,19,23). The van der Waals surface area contributed by atoms with E-state index in [0.717, 1.165) is 15.7 Å². The molecule has 1 heterocycles. The zero-order chi connectivity index (χ0) is 16.4. The molecule has 1 aromatic heterocycles. The van der Waals surface area contributed by atoms with E-state index in [0.29, 0.717) is 16.3 Å². The molecule has 116 valence electrons. The van der Waals surface area contributed by atoms with Crippen LogP contribution in [0.4, 0.5) is 5.69 Å². The smallest absolute Gasteiger partial charge is 0.255 e. The Balaban J connectivity index is 1.84. The summed E-state index contributed by atoms with van der Waals surface area (Å²) >= 11 is 9.44. The second-order valence-electron chi connectivity index (χ2n) is 4.83. The molecule has 0 aliphatic carbocycles. The summed E-state index contributed by atoms with van der Waals surface area (Å²) in [7, 11) is 0. The number of tetrazole rings is 1. The molecule has 1 N–H and O–H groups in total. The quantitative estimate of drug-likeness (QED) is 0.738. The van der Waals surface area contributed by atoms with Gasteiger partial charge in [0.2, 0.25) is 0 Å². The van der Waals surface area contributed by atoms with E-state index in [1.807, 2.05) is 13.0 Å². The minimum Gasteiger partial charge on any atom is -0.321 e. The van der Waals surface area contributed by atoms with Crippen LogP contribution in [0.15, 0.2) is 47.2 Å². The van der Waals surface area contributed by atoms with Gasteiger partial charge >= 0.3 is 0 Å². The highest BCUT2D eigenvalue weighted by atomic mass is 79.9. The first-order chi connectivity index (χ1) is 11.0. The largest absolute Gasteiger partial charge is 0.321 e. The van der Waals surface area contributed by atoms with Gasteiger partial charge in [0.1, 0.15) is 6.33 Å². The summed E-state index contributed by atoms with van der Waals surface area (Å²) in [6.07, 6.45) is 1.50. The molecule has 0 fully saturated rings. The van der Waals surface area contributed by atoms with Crippen molar-refractivity contribution in [3.05, 3.63) is 63.3 Å². The van der Waals surface area contributed by atoms with Crippen molar-refractivity contribution in [2.24, 2.45) is 0 Å². The van der Waals surface area contributed by atoms with Crippen molar-refractivity contribution in [1.82, 2.24) is 20.2 Å². The Morgan fingerprint density at radius 2 is 2.09 bits per heavy atom. The van der Waals surface area contributed by atoms with Gasteiger partial charge in [0.15, 0.2) is 0 Å². The number of carbonyl (C=O) groups excluding carboxylic acids is 1. The first-order valence-corrected chi connectivity index (χ1v) is 7.82. The number of rotatable bonds is 3. The molecule has 23 heavy (non-hydrogen) atoms. The van der Waals surface area contributed by atoms with Crippen molar-refractivity contribution in [3.63, 3.8) is 0 Å². The number of carbonyl (C=O) groups is 1. The molecule has 0 unspecified atom stereocenters. The number of hydrogen-bond acceptors (Lipinski definition) is 4. The third kappa shape index (κ3) is 3.40. The topological polar surface area (TPSA) is 72.7 Å². The summed E-state index contributed by atoms with van der Waals surface area (Å²) in [6, 6.07) is 10.6. The van der Waals surface area contributed by atoms with E-state index in [-0.39, 0.29) is 5.91 Å². The summed E-state index contributed by atoms with van der Waals surface area (Å²) in [4.78, 5) is 12.4. The summed E-state index contributed by atoms with van der Waals surface area (Å²) in [5, 5.41) is 14.3. The maximum atomic E-state index is 12.4. The van der Waals surface area contributed by atoms with Crippen LogP contribution >= 0.6 is 27.5 Å². The molecule has 0 aliphatic heterocycles. The van der Waals surface area contributed by atoms with Gasteiger partial charge in [-0.3, -0.25) is 4.79 Å². The number of halogens is 2. The molecule has 0 aliphatic rings. The van der Waals surface area contributed by atoms with Gasteiger partial charge in [0.05, 0.1) is 16.4 Å². The van der Waals surface area contributed by atoms with E-state index in [9.17, 15) is 4.79 Å². The minimum atomic E-state index is -0.236. The lowest BCUT2D eigenvalue weighted by Crippen LogP contribution is -2.13. The summed E-state index contributed by atoms with van der Waals surface area (Å²) in [5.41, 5.74) is 2.78. The van der Waals surface area contributed by atoms with Crippen molar-refractivity contribution < 1.29 is 4.79 Å². The van der Waals surface area contributed by atoms with E-state index >= 15 is 0 Å². The number of aryl methyl sites for hydroxylation is 1. The van der Waals surface area contributed by atoms with Crippen molar-refractivity contribution in [2.75, 3.05) is 5.32 Å². The minimum absolute atomic E-state index is 0.236. The van der Waals surface area contributed by atoms with E-state index in [4.69, 9.17) is 11.6 Å². The van der Waals surface area contributed by atoms with Gasteiger partial charge in [-0.1, -0.05) is 27.5 Å². The van der Waals surface area contributed by atoms with Crippen molar-refractivity contribution in [1.29, 1.82) is 0 Å². The summed E-state index contributed by atoms with van der Waals surface area (Å²) in [6.45, 7) is 1.89. The van der Waals surface area contributed by atoms with Gasteiger partial charge in [0, 0.05) is 10.0 Å². The molecule has 1 amide bonds. The summed E-state index contributed by atoms with van der Waals surface area (Å²) < 4.78 is 2.39. The zero-order valence-electron chi connectivity index (χ0n) is 12.0. The van der Waals surface area contributed by atoms with Crippen LogP contribution in [-0.2, 0) is 0 Å². The van der Waals surface area contributed by atoms with Gasteiger partial charge in [0.25, 0.3) is 5.91 Å². The molecule has 3 rings (SSSR count). The van der Waals surface area contributed by atoms with Crippen LogP contribution in [0.2, 0.25) is 5.02 Å². The average Bonchev–Trinajstić information content (AvgIpc) is 3.04. The first kappa shape index (κ1) is 15.6. The molecule has 8 heteroatoms. The molecule has 0 atom stereocenters. The Labute approximate surface area is 145 Å². The highest BCUT2D eigenvalue weighted by molar-refractivity contribution is 9.10. The van der Waals surface area contributed by atoms with E-state index < -0.39 is 0 Å². The van der Waals surface area contributed by atoms with Gasteiger partial charge in [-0.2, -0.15) is 0 Å². The van der Waals surface area contributed by atoms with Crippen LogP contribution in [0.5, 0.6) is 0 Å². The number of nitrogens with one attached hydrogen (secondary N) is 1. The molecule has 3 aromatic rings. The van der Waals surface area contributed by atoms with Crippen molar-refractivity contribution >= 4 is 39.1 Å². The van der Waals surface area contributed by atoms with Crippen LogP contribution in [0, 0.1) is 6.92 Å². The lowest BCUT2D eigenvalue weighted by molar-refractivity contribution is 0.102. The van der Waals surface area contributed by atoms with Crippen LogP contribution in [0.1, 0.15) is 15.9 Å². The molecule has 0 radical (unpaired) electrons. The second kappa shape index (κ2) is 6.47. The number of nitrogens with zero attached hydrogens (tertiary/aromatic N) is 4. The number of anilines is 1.